The zero-order chi connectivity index (χ0) is 7.23. The summed E-state index contributed by atoms with van der Waals surface area (Å²) >= 11 is 0. The van der Waals surface area contributed by atoms with E-state index in [1.807, 2.05) is 6.08 Å². The van der Waals surface area contributed by atoms with Crippen LogP contribution in [0.2, 0.25) is 0 Å². The van der Waals surface area contributed by atoms with Crippen LogP contribution in [0.1, 0.15) is 6.42 Å². The largest absolute Gasteiger partial charge is 0.271 e. The van der Waals surface area contributed by atoms with E-state index in [4.69, 9.17) is 5.84 Å². The fraction of sp³-hybridized carbons (Fsp3) is 0.250. The van der Waals surface area contributed by atoms with Gasteiger partial charge in [-0.05, 0) is 12.0 Å². The Balaban J connectivity index is 2.55. The lowest BCUT2D eigenvalue weighted by atomic mass is 10.2. The van der Waals surface area contributed by atoms with Gasteiger partial charge in [0.05, 0.1) is 0 Å². The SMILES string of the molecule is NNCC1=CC=CCC=C1. The third-order valence-corrected chi connectivity index (χ3v) is 1.36. The lowest BCUT2D eigenvalue weighted by Crippen LogP contribution is -2.23. The molecule has 0 spiro atoms. The Bertz CT molecular complexity index is 178. The van der Waals surface area contributed by atoms with E-state index in [1.165, 1.54) is 5.57 Å². The Morgan fingerprint density at radius 3 is 3.20 bits per heavy atom. The lowest BCUT2D eigenvalue weighted by Gasteiger charge is -1.96. The second kappa shape index (κ2) is 4.04. The summed E-state index contributed by atoms with van der Waals surface area (Å²) in [5.41, 5.74) is 3.83. The van der Waals surface area contributed by atoms with Gasteiger partial charge in [-0.1, -0.05) is 30.4 Å². The Hall–Kier alpha value is -0.860. The Morgan fingerprint density at radius 2 is 2.40 bits per heavy atom. The van der Waals surface area contributed by atoms with Crippen LogP contribution in [0.3, 0.4) is 0 Å². The summed E-state index contributed by atoms with van der Waals surface area (Å²) in [5.74, 6) is 5.16. The second-order valence-electron chi connectivity index (χ2n) is 2.19. The molecule has 0 unspecified atom stereocenters. The van der Waals surface area contributed by atoms with Gasteiger partial charge >= 0.3 is 0 Å². The zero-order valence-corrected chi connectivity index (χ0v) is 5.88. The molecule has 0 aliphatic heterocycles. The molecule has 10 heavy (non-hydrogen) atoms. The van der Waals surface area contributed by atoms with Crippen LogP contribution in [0.15, 0.2) is 36.0 Å². The van der Waals surface area contributed by atoms with Gasteiger partial charge in [0.15, 0.2) is 0 Å². The first-order valence-electron chi connectivity index (χ1n) is 3.39. The third-order valence-electron chi connectivity index (χ3n) is 1.36. The highest BCUT2D eigenvalue weighted by molar-refractivity contribution is 5.28. The number of hydrazine groups is 1. The molecule has 0 saturated heterocycles. The summed E-state index contributed by atoms with van der Waals surface area (Å²) in [5, 5.41) is 0. The Kier molecular flexibility index (Phi) is 2.93. The zero-order valence-electron chi connectivity index (χ0n) is 5.88. The van der Waals surface area contributed by atoms with Gasteiger partial charge in [0.1, 0.15) is 0 Å². The molecule has 0 fully saturated rings. The van der Waals surface area contributed by atoms with Crippen molar-refractivity contribution in [1.82, 2.24) is 5.43 Å². The molecule has 0 amide bonds. The normalized spacial score (nSPS) is 16.7. The van der Waals surface area contributed by atoms with Crippen molar-refractivity contribution in [3.05, 3.63) is 36.0 Å². The van der Waals surface area contributed by atoms with Crippen LogP contribution >= 0.6 is 0 Å². The quantitative estimate of drug-likeness (QED) is 0.437. The standard InChI is InChI=1S/C8H12N2/c9-10-7-8-5-3-1-2-4-6-8/h1,3-6,10H,2,7,9H2. The summed E-state index contributed by atoms with van der Waals surface area (Å²) in [6.45, 7) is 0.737. The van der Waals surface area contributed by atoms with Gasteiger partial charge in [0.2, 0.25) is 0 Å². The summed E-state index contributed by atoms with van der Waals surface area (Å²) in [4.78, 5) is 0. The van der Waals surface area contributed by atoms with E-state index >= 15 is 0 Å². The first kappa shape index (κ1) is 7.25. The molecule has 0 aromatic heterocycles. The molecular weight excluding hydrogens is 124 g/mol. The van der Waals surface area contributed by atoms with Crippen molar-refractivity contribution >= 4 is 0 Å². The van der Waals surface area contributed by atoms with Crippen molar-refractivity contribution in [3.8, 4) is 0 Å². The molecule has 0 bridgehead atoms. The highest BCUT2D eigenvalue weighted by Crippen LogP contribution is 2.02. The molecule has 0 radical (unpaired) electrons. The van der Waals surface area contributed by atoms with Crippen molar-refractivity contribution in [3.63, 3.8) is 0 Å². The number of hydrogen-bond acceptors (Lipinski definition) is 2. The van der Waals surface area contributed by atoms with Gasteiger partial charge in [0, 0.05) is 6.54 Å². The van der Waals surface area contributed by atoms with E-state index in [-0.39, 0.29) is 0 Å². The summed E-state index contributed by atoms with van der Waals surface area (Å²) in [7, 11) is 0. The minimum Gasteiger partial charge on any atom is -0.271 e. The van der Waals surface area contributed by atoms with E-state index in [0.29, 0.717) is 0 Å². The van der Waals surface area contributed by atoms with Crippen LogP contribution in [-0.4, -0.2) is 6.54 Å². The molecule has 54 valence electrons. The van der Waals surface area contributed by atoms with E-state index in [2.05, 4.69) is 29.7 Å². The van der Waals surface area contributed by atoms with Crippen molar-refractivity contribution in [2.45, 2.75) is 6.42 Å². The van der Waals surface area contributed by atoms with Crippen LogP contribution < -0.4 is 11.3 Å². The number of hydrogen-bond donors (Lipinski definition) is 2. The molecule has 2 nitrogen and oxygen atoms in total. The van der Waals surface area contributed by atoms with Crippen LogP contribution in [0.5, 0.6) is 0 Å². The summed E-state index contributed by atoms with van der Waals surface area (Å²) in [6, 6.07) is 0. The predicted octanol–water partition coefficient (Wildman–Crippen LogP) is 0.892. The first-order chi connectivity index (χ1) is 4.93. The van der Waals surface area contributed by atoms with E-state index in [1.54, 1.807) is 0 Å². The summed E-state index contributed by atoms with van der Waals surface area (Å²) < 4.78 is 0. The third kappa shape index (κ3) is 2.17. The van der Waals surface area contributed by atoms with E-state index < -0.39 is 0 Å². The number of nitrogens with one attached hydrogen (secondary N) is 1. The maximum absolute atomic E-state index is 5.16. The van der Waals surface area contributed by atoms with Crippen molar-refractivity contribution in [2.24, 2.45) is 5.84 Å². The highest BCUT2D eigenvalue weighted by atomic mass is 15.2. The molecule has 1 rings (SSSR count). The molecule has 1 aliphatic carbocycles. The molecule has 0 aromatic rings. The van der Waals surface area contributed by atoms with Crippen molar-refractivity contribution < 1.29 is 0 Å². The predicted molar refractivity (Wildman–Crippen MR) is 43.2 cm³/mol. The topological polar surface area (TPSA) is 38.0 Å². The first-order valence-corrected chi connectivity index (χ1v) is 3.39. The van der Waals surface area contributed by atoms with Crippen LogP contribution in [0.25, 0.3) is 0 Å². The number of allylic oxidation sites excluding steroid dienone is 4. The van der Waals surface area contributed by atoms with Crippen molar-refractivity contribution in [1.29, 1.82) is 0 Å². The van der Waals surface area contributed by atoms with Gasteiger partial charge in [-0.15, -0.1) is 0 Å². The highest BCUT2D eigenvalue weighted by Gasteiger charge is 1.89. The van der Waals surface area contributed by atoms with Crippen LogP contribution in [0.4, 0.5) is 0 Å². The fourth-order valence-electron chi connectivity index (χ4n) is 0.859. The second-order valence-corrected chi connectivity index (χ2v) is 2.19. The summed E-state index contributed by atoms with van der Waals surface area (Å²) in [6.07, 6.45) is 11.4. The number of nitrogens with two attached hydrogens (primary N) is 1. The molecule has 0 saturated carbocycles. The molecular formula is C8H12N2. The van der Waals surface area contributed by atoms with Crippen LogP contribution in [0, 0.1) is 0 Å². The minimum absolute atomic E-state index is 0.737. The maximum Gasteiger partial charge on any atom is 0.0348 e. The average Bonchev–Trinajstić information content (AvgIpc) is 2.17. The van der Waals surface area contributed by atoms with Crippen molar-refractivity contribution in [2.75, 3.05) is 6.54 Å². The number of rotatable bonds is 2. The van der Waals surface area contributed by atoms with Crippen LogP contribution in [-0.2, 0) is 0 Å². The monoisotopic (exact) mass is 136 g/mol. The van der Waals surface area contributed by atoms with E-state index in [0.717, 1.165) is 13.0 Å². The lowest BCUT2D eigenvalue weighted by molar-refractivity contribution is 0.806. The van der Waals surface area contributed by atoms with Gasteiger partial charge in [-0.3, -0.25) is 11.3 Å². The maximum atomic E-state index is 5.16. The smallest absolute Gasteiger partial charge is 0.0348 e. The molecule has 1 aliphatic rings. The molecule has 0 atom stereocenters. The van der Waals surface area contributed by atoms with Gasteiger partial charge in [-0.2, -0.15) is 0 Å². The molecule has 2 heteroatoms. The van der Waals surface area contributed by atoms with Gasteiger partial charge < -0.3 is 0 Å². The molecule has 0 aromatic carbocycles. The average molecular weight is 136 g/mol. The Morgan fingerprint density at radius 1 is 1.50 bits per heavy atom. The van der Waals surface area contributed by atoms with E-state index in [9.17, 15) is 0 Å². The fourth-order valence-corrected chi connectivity index (χ4v) is 0.859. The minimum atomic E-state index is 0.737. The van der Waals surface area contributed by atoms with Gasteiger partial charge in [0.25, 0.3) is 0 Å². The molecule has 3 N–H and O–H groups in total. The Labute approximate surface area is 61.1 Å². The molecule has 0 heterocycles. The van der Waals surface area contributed by atoms with Gasteiger partial charge in [-0.25, -0.2) is 0 Å².